The normalized spacial score (nSPS) is 18.5. The maximum Gasteiger partial charge on any atom is 0.315 e. The Bertz CT molecular complexity index is 574. The molecule has 2 atom stereocenters. The minimum atomic E-state index is -0.523. The van der Waals surface area contributed by atoms with Crippen molar-refractivity contribution in [2.24, 2.45) is 0 Å². The summed E-state index contributed by atoms with van der Waals surface area (Å²) in [6, 6.07) is 7.26. The van der Waals surface area contributed by atoms with Gasteiger partial charge in [0.1, 0.15) is 6.04 Å². The number of piperidine rings is 1. The number of nitrogens with one attached hydrogen (secondary N) is 2. The number of hydrogen-bond acceptors (Lipinski definition) is 3. The number of methoxy groups -OCH3 is 1. The molecule has 3 amide bonds. The molecule has 25 heavy (non-hydrogen) atoms. The summed E-state index contributed by atoms with van der Waals surface area (Å²) in [6.07, 6.45) is 3.23. The first-order chi connectivity index (χ1) is 12.0. The van der Waals surface area contributed by atoms with Crippen molar-refractivity contribution >= 4 is 11.9 Å². The van der Waals surface area contributed by atoms with Gasteiger partial charge in [-0.25, -0.2) is 4.79 Å². The van der Waals surface area contributed by atoms with E-state index in [4.69, 9.17) is 4.74 Å². The third-order valence-electron chi connectivity index (χ3n) is 4.59. The summed E-state index contributed by atoms with van der Waals surface area (Å²) in [4.78, 5) is 26.4. The average molecular weight is 347 g/mol. The van der Waals surface area contributed by atoms with Crippen molar-refractivity contribution in [1.82, 2.24) is 15.5 Å². The molecule has 1 fully saturated rings. The summed E-state index contributed by atoms with van der Waals surface area (Å²) in [6.45, 7) is 5.57. The highest BCUT2D eigenvalue weighted by Crippen LogP contribution is 2.17. The SMILES string of the molecule is COCc1ccc(CNC(=O)N[C@@H](C)C(=O)N2CCCC[C@@H]2C)cc1. The number of benzene rings is 1. The van der Waals surface area contributed by atoms with Crippen LogP contribution in [0.2, 0.25) is 0 Å². The molecule has 1 saturated heterocycles. The lowest BCUT2D eigenvalue weighted by molar-refractivity contribution is -0.136. The fourth-order valence-corrected chi connectivity index (χ4v) is 3.09. The van der Waals surface area contributed by atoms with Gasteiger partial charge in [-0.2, -0.15) is 0 Å². The molecule has 0 saturated carbocycles. The second-order valence-electron chi connectivity index (χ2n) is 6.67. The van der Waals surface area contributed by atoms with Crippen LogP contribution < -0.4 is 10.6 Å². The average Bonchev–Trinajstić information content (AvgIpc) is 2.61. The molecule has 138 valence electrons. The van der Waals surface area contributed by atoms with Crippen molar-refractivity contribution in [2.75, 3.05) is 13.7 Å². The van der Waals surface area contributed by atoms with Gasteiger partial charge in [-0.1, -0.05) is 24.3 Å². The van der Waals surface area contributed by atoms with E-state index in [0.29, 0.717) is 13.2 Å². The Morgan fingerprint density at radius 1 is 1.24 bits per heavy atom. The van der Waals surface area contributed by atoms with Gasteiger partial charge in [-0.05, 0) is 44.2 Å². The summed E-state index contributed by atoms with van der Waals surface area (Å²) in [7, 11) is 1.66. The maximum absolute atomic E-state index is 12.5. The largest absolute Gasteiger partial charge is 0.380 e. The first-order valence-electron chi connectivity index (χ1n) is 8.93. The second-order valence-corrected chi connectivity index (χ2v) is 6.67. The predicted molar refractivity (Wildman–Crippen MR) is 97.0 cm³/mol. The number of nitrogens with zero attached hydrogens (tertiary/aromatic N) is 1. The highest BCUT2D eigenvalue weighted by atomic mass is 16.5. The number of urea groups is 1. The van der Waals surface area contributed by atoms with E-state index in [9.17, 15) is 9.59 Å². The molecule has 0 bridgehead atoms. The van der Waals surface area contributed by atoms with E-state index < -0.39 is 6.04 Å². The molecular formula is C19H29N3O3. The van der Waals surface area contributed by atoms with E-state index in [1.54, 1.807) is 14.0 Å². The van der Waals surface area contributed by atoms with Crippen molar-refractivity contribution < 1.29 is 14.3 Å². The van der Waals surface area contributed by atoms with Crippen LogP contribution in [0.3, 0.4) is 0 Å². The molecule has 6 heteroatoms. The zero-order chi connectivity index (χ0) is 18.2. The summed E-state index contributed by atoms with van der Waals surface area (Å²) >= 11 is 0. The van der Waals surface area contributed by atoms with Gasteiger partial charge >= 0.3 is 6.03 Å². The number of hydrogen-bond donors (Lipinski definition) is 2. The predicted octanol–water partition coefficient (Wildman–Crippen LogP) is 2.42. The molecule has 0 unspecified atom stereocenters. The molecular weight excluding hydrogens is 318 g/mol. The van der Waals surface area contributed by atoms with Crippen LogP contribution in [0.25, 0.3) is 0 Å². The quantitative estimate of drug-likeness (QED) is 0.830. The molecule has 2 N–H and O–H groups in total. The number of rotatable bonds is 6. The smallest absolute Gasteiger partial charge is 0.315 e. The van der Waals surface area contributed by atoms with Gasteiger partial charge in [-0.15, -0.1) is 0 Å². The lowest BCUT2D eigenvalue weighted by Crippen LogP contribution is -2.53. The number of carbonyl (C=O) groups excluding carboxylic acids is 2. The van der Waals surface area contributed by atoms with E-state index in [0.717, 1.165) is 36.9 Å². The van der Waals surface area contributed by atoms with Crippen LogP contribution >= 0.6 is 0 Å². The molecule has 1 aliphatic heterocycles. The van der Waals surface area contributed by atoms with Crippen LogP contribution in [0.1, 0.15) is 44.2 Å². The van der Waals surface area contributed by atoms with Gasteiger partial charge in [0, 0.05) is 26.2 Å². The molecule has 1 aromatic carbocycles. The number of likely N-dealkylation sites (tertiary alicyclic amines) is 1. The maximum atomic E-state index is 12.5. The summed E-state index contributed by atoms with van der Waals surface area (Å²) in [5.41, 5.74) is 2.09. The molecule has 0 aromatic heterocycles. The van der Waals surface area contributed by atoms with E-state index in [2.05, 4.69) is 17.6 Å². The molecule has 0 radical (unpaired) electrons. The number of carbonyl (C=O) groups is 2. The molecule has 1 aliphatic rings. The van der Waals surface area contributed by atoms with Gasteiger partial charge in [0.15, 0.2) is 0 Å². The third kappa shape index (κ3) is 5.74. The van der Waals surface area contributed by atoms with E-state index in [-0.39, 0.29) is 18.0 Å². The van der Waals surface area contributed by atoms with Crippen LogP contribution in [0.5, 0.6) is 0 Å². The summed E-state index contributed by atoms with van der Waals surface area (Å²) in [5.74, 6) is -0.00808. The van der Waals surface area contributed by atoms with Crippen LogP contribution in [-0.2, 0) is 22.7 Å². The minimum absolute atomic E-state index is 0.00808. The molecule has 0 aliphatic carbocycles. The molecule has 1 aromatic rings. The highest BCUT2D eigenvalue weighted by molar-refractivity contribution is 5.87. The Kier molecular flexibility index (Phi) is 7.25. The Labute approximate surface area is 149 Å². The first-order valence-corrected chi connectivity index (χ1v) is 8.93. The Hall–Kier alpha value is -2.08. The Balaban J connectivity index is 1.77. The van der Waals surface area contributed by atoms with Gasteiger partial charge in [-0.3, -0.25) is 4.79 Å². The highest BCUT2D eigenvalue weighted by Gasteiger charge is 2.27. The van der Waals surface area contributed by atoms with Gasteiger partial charge < -0.3 is 20.3 Å². The lowest BCUT2D eigenvalue weighted by atomic mass is 10.0. The van der Waals surface area contributed by atoms with Crippen LogP contribution in [-0.4, -0.2) is 42.6 Å². The fourth-order valence-electron chi connectivity index (χ4n) is 3.09. The lowest BCUT2D eigenvalue weighted by Gasteiger charge is -2.35. The van der Waals surface area contributed by atoms with Crippen molar-refractivity contribution in [3.8, 4) is 0 Å². The van der Waals surface area contributed by atoms with Crippen molar-refractivity contribution in [2.45, 2.75) is 58.3 Å². The van der Waals surface area contributed by atoms with E-state index in [1.807, 2.05) is 29.2 Å². The monoisotopic (exact) mass is 347 g/mol. The fraction of sp³-hybridized carbons (Fsp3) is 0.579. The summed E-state index contributed by atoms with van der Waals surface area (Å²) < 4.78 is 5.07. The van der Waals surface area contributed by atoms with Crippen LogP contribution in [0.15, 0.2) is 24.3 Å². The zero-order valence-electron chi connectivity index (χ0n) is 15.4. The van der Waals surface area contributed by atoms with E-state index in [1.165, 1.54) is 0 Å². The van der Waals surface area contributed by atoms with Crippen LogP contribution in [0.4, 0.5) is 4.79 Å². The van der Waals surface area contributed by atoms with E-state index >= 15 is 0 Å². The standard InChI is InChI=1S/C19H29N3O3/c1-14-6-4-5-11-22(14)18(23)15(2)21-19(24)20-12-16-7-9-17(10-8-16)13-25-3/h7-10,14-15H,4-6,11-13H2,1-3H3,(H2,20,21,24)/t14-,15-/m0/s1. The molecule has 1 heterocycles. The number of amides is 3. The summed E-state index contributed by atoms with van der Waals surface area (Å²) in [5, 5.41) is 5.54. The van der Waals surface area contributed by atoms with Crippen LogP contribution in [0, 0.1) is 0 Å². The molecule has 6 nitrogen and oxygen atoms in total. The van der Waals surface area contributed by atoms with Crippen molar-refractivity contribution in [1.29, 1.82) is 0 Å². The first kappa shape index (κ1) is 19.2. The molecule has 2 rings (SSSR count). The van der Waals surface area contributed by atoms with Gasteiger partial charge in [0.05, 0.1) is 6.61 Å². The second kappa shape index (κ2) is 9.42. The topological polar surface area (TPSA) is 70.7 Å². The number of ether oxygens (including phenoxy) is 1. The van der Waals surface area contributed by atoms with Gasteiger partial charge in [0.2, 0.25) is 5.91 Å². The minimum Gasteiger partial charge on any atom is -0.380 e. The third-order valence-corrected chi connectivity index (χ3v) is 4.59. The molecule has 0 spiro atoms. The van der Waals surface area contributed by atoms with Gasteiger partial charge in [0.25, 0.3) is 0 Å². The zero-order valence-corrected chi connectivity index (χ0v) is 15.4. The van der Waals surface area contributed by atoms with Crippen molar-refractivity contribution in [3.05, 3.63) is 35.4 Å². The Morgan fingerprint density at radius 3 is 2.56 bits per heavy atom. The van der Waals surface area contributed by atoms with Crippen molar-refractivity contribution in [3.63, 3.8) is 0 Å². The Morgan fingerprint density at radius 2 is 1.92 bits per heavy atom.